The molecule has 0 aliphatic heterocycles. The summed E-state index contributed by atoms with van der Waals surface area (Å²) in [7, 11) is -3.76. The zero-order chi connectivity index (χ0) is 15.6. The third kappa shape index (κ3) is 3.53. The lowest BCUT2D eigenvalue weighted by molar-refractivity contribution is 0.598. The highest BCUT2D eigenvalue weighted by Gasteiger charge is 2.12. The summed E-state index contributed by atoms with van der Waals surface area (Å²) >= 11 is 0. The number of benzene rings is 2. The SMILES string of the molecule is CC(C)c1ccccc1Nc1cc(S(N)(=O)=O)ccc1N. The molecule has 0 amide bonds. The Labute approximate surface area is 125 Å². The Morgan fingerprint density at radius 3 is 2.33 bits per heavy atom. The molecule has 0 aliphatic rings. The maximum Gasteiger partial charge on any atom is 0.238 e. The van der Waals surface area contributed by atoms with Crippen molar-refractivity contribution in [2.75, 3.05) is 11.1 Å². The molecule has 0 fully saturated rings. The molecule has 6 heteroatoms. The van der Waals surface area contributed by atoms with E-state index < -0.39 is 10.0 Å². The first-order chi connectivity index (χ1) is 9.79. The molecule has 0 heterocycles. The fourth-order valence-electron chi connectivity index (χ4n) is 2.08. The second-order valence-electron chi connectivity index (χ2n) is 5.16. The van der Waals surface area contributed by atoms with Crippen LogP contribution in [0, 0.1) is 0 Å². The van der Waals surface area contributed by atoms with Gasteiger partial charge in [0.2, 0.25) is 10.0 Å². The van der Waals surface area contributed by atoms with E-state index in [9.17, 15) is 8.42 Å². The predicted octanol–water partition coefficient (Wildman–Crippen LogP) is 2.78. The molecule has 2 rings (SSSR count). The number of hydrogen-bond acceptors (Lipinski definition) is 4. The highest BCUT2D eigenvalue weighted by molar-refractivity contribution is 7.89. The van der Waals surface area contributed by atoms with Crippen LogP contribution >= 0.6 is 0 Å². The molecule has 0 unspecified atom stereocenters. The van der Waals surface area contributed by atoms with Gasteiger partial charge in [-0.15, -0.1) is 0 Å². The lowest BCUT2D eigenvalue weighted by Crippen LogP contribution is -2.12. The summed E-state index contributed by atoms with van der Waals surface area (Å²) in [5, 5.41) is 8.34. The van der Waals surface area contributed by atoms with Gasteiger partial charge < -0.3 is 11.1 Å². The minimum absolute atomic E-state index is 0.0289. The van der Waals surface area contributed by atoms with Crippen LogP contribution in [0.25, 0.3) is 0 Å². The summed E-state index contributed by atoms with van der Waals surface area (Å²) in [4.78, 5) is 0.0289. The number of para-hydroxylation sites is 1. The molecule has 5 N–H and O–H groups in total. The lowest BCUT2D eigenvalue weighted by atomic mass is 10.0. The number of nitrogens with two attached hydrogens (primary N) is 2. The number of nitrogens with one attached hydrogen (secondary N) is 1. The Hall–Kier alpha value is -2.05. The van der Waals surface area contributed by atoms with E-state index in [1.165, 1.54) is 18.2 Å². The third-order valence-electron chi connectivity index (χ3n) is 3.21. The van der Waals surface area contributed by atoms with Crippen molar-refractivity contribution in [3.63, 3.8) is 0 Å². The largest absolute Gasteiger partial charge is 0.397 e. The van der Waals surface area contributed by atoms with E-state index in [4.69, 9.17) is 10.9 Å². The van der Waals surface area contributed by atoms with Crippen molar-refractivity contribution in [3.8, 4) is 0 Å². The zero-order valence-corrected chi connectivity index (χ0v) is 12.8. The first-order valence-electron chi connectivity index (χ1n) is 6.57. The van der Waals surface area contributed by atoms with E-state index in [0.717, 1.165) is 11.3 Å². The summed E-state index contributed by atoms with van der Waals surface area (Å²) in [6.45, 7) is 4.18. The second kappa shape index (κ2) is 5.75. The van der Waals surface area contributed by atoms with Gasteiger partial charge in [-0.2, -0.15) is 0 Å². The number of hydrogen-bond donors (Lipinski definition) is 3. The Balaban J connectivity index is 2.45. The Kier molecular flexibility index (Phi) is 4.20. The minimum Gasteiger partial charge on any atom is -0.397 e. The number of nitrogen functional groups attached to an aromatic ring is 1. The maximum absolute atomic E-state index is 11.4. The molecule has 0 radical (unpaired) electrons. The van der Waals surface area contributed by atoms with Gasteiger partial charge in [0.25, 0.3) is 0 Å². The minimum atomic E-state index is -3.76. The van der Waals surface area contributed by atoms with E-state index in [1.807, 2.05) is 24.3 Å². The average molecular weight is 305 g/mol. The maximum atomic E-state index is 11.4. The summed E-state index contributed by atoms with van der Waals surface area (Å²) in [5.74, 6) is 0.330. The van der Waals surface area contributed by atoms with Crippen LogP contribution in [0.1, 0.15) is 25.3 Å². The van der Waals surface area contributed by atoms with Crippen LogP contribution in [0.4, 0.5) is 17.1 Å². The summed E-state index contributed by atoms with van der Waals surface area (Å²) in [6, 6.07) is 12.2. The number of anilines is 3. The molecule has 2 aromatic rings. The van der Waals surface area contributed by atoms with E-state index in [2.05, 4.69) is 19.2 Å². The van der Waals surface area contributed by atoms with Gasteiger partial charge in [-0.25, -0.2) is 13.6 Å². The van der Waals surface area contributed by atoms with Crippen LogP contribution in [0.5, 0.6) is 0 Å². The standard InChI is InChI=1S/C15H19N3O2S/c1-10(2)12-5-3-4-6-14(12)18-15-9-11(21(17,19)20)7-8-13(15)16/h3-10,18H,16H2,1-2H3,(H2,17,19,20). The molecule has 5 nitrogen and oxygen atoms in total. The van der Waals surface area contributed by atoms with E-state index >= 15 is 0 Å². The highest BCUT2D eigenvalue weighted by atomic mass is 32.2. The average Bonchev–Trinajstić information content (AvgIpc) is 2.40. The predicted molar refractivity (Wildman–Crippen MR) is 86.0 cm³/mol. The number of primary sulfonamides is 1. The van der Waals surface area contributed by atoms with Crippen molar-refractivity contribution in [2.24, 2.45) is 5.14 Å². The highest BCUT2D eigenvalue weighted by Crippen LogP contribution is 2.30. The van der Waals surface area contributed by atoms with E-state index in [-0.39, 0.29) is 4.90 Å². The van der Waals surface area contributed by atoms with Crippen molar-refractivity contribution in [2.45, 2.75) is 24.7 Å². The molecule has 0 bridgehead atoms. The normalized spacial score (nSPS) is 11.6. The van der Waals surface area contributed by atoms with Crippen molar-refractivity contribution in [3.05, 3.63) is 48.0 Å². The molecular formula is C15H19N3O2S. The summed E-state index contributed by atoms with van der Waals surface area (Å²) < 4.78 is 22.9. The van der Waals surface area contributed by atoms with Crippen molar-refractivity contribution in [1.82, 2.24) is 0 Å². The van der Waals surface area contributed by atoms with Gasteiger partial charge in [0.15, 0.2) is 0 Å². The molecule has 0 aromatic heterocycles. The van der Waals surface area contributed by atoms with Crippen LogP contribution in [-0.4, -0.2) is 8.42 Å². The summed E-state index contributed by atoms with van der Waals surface area (Å²) in [6.07, 6.45) is 0. The molecule has 112 valence electrons. The number of rotatable bonds is 4. The molecule has 0 aliphatic carbocycles. The number of sulfonamides is 1. The first-order valence-corrected chi connectivity index (χ1v) is 8.12. The third-order valence-corrected chi connectivity index (χ3v) is 4.12. The van der Waals surface area contributed by atoms with Crippen LogP contribution in [0.3, 0.4) is 0 Å². The Morgan fingerprint density at radius 2 is 1.71 bits per heavy atom. The van der Waals surface area contributed by atoms with Gasteiger partial charge >= 0.3 is 0 Å². The Morgan fingerprint density at radius 1 is 1.05 bits per heavy atom. The van der Waals surface area contributed by atoms with Crippen LogP contribution < -0.4 is 16.2 Å². The molecular weight excluding hydrogens is 286 g/mol. The molecule has 2 aromatic carbocycles. The fourth-order valence-corrected chi connectivity index (χ4v) is 2.62. The van der Waals surface area contributed by atoms with Gasteiger partial charge in [0.05, 0.1) is 16.3 Å². The zero-order valence-electron chi connectivity index (χ0n) is 12.0. The van der Waals surface area contributed by atoms with Gasteiger partial charge in [0.1, 0.15) is 0 Å². The molecule has 0 saturated heterocycles. The van der Waals surface area contributed by atoms with Crippen molar-refractivity contribution < 1.29 is 8.42 Å². The van der Waals surface area contributed by atoms with E-state index in [1.54, 1.807) is 0 Å². The molecule has 0 spiro atoms. The fraction of sp³-hybridized carbons (Fsp3) is 0.200. The monoisotopic (exact) mass is 305 g/mol. The van der Waals surface area contributed by atoms with Crippen molar-refractivity contribution >= 4 is 27.1 Å². The van der Waals surface area contributed by atoms with Crippen LogP contribution in [0.15, 0.2) is 47.4 Å². The van der Waals surface area contributed by atoms with Gasteiger partial charge in [0, 0.05) is 5.69 Å². The Bertz CT molecular complexity index is 755. The molecule has 21 heavy (non-hydrogen) atoms. The smallest absolute Gasteiger partial charge is 0.238 e. The molecule has 0 atom stereocenters. The first kappa shape index (κ1) is 15.3. The summed E-state index contributed by atoms with van der Waals surface area (Å²) in [5.41, 5.74) is 8.91. The topological polar surface area (TPSA) is 98.2 Å². The van der Waals surface area contributed by atoms with Gasteiger partial charge in [-0.3, -0.25) is 0 Å². The van der Waals surface area contributed by atoms with Crippen LogP contribution in [-0.2, 0) is 10.0 Å². The van der Waals surface area contributed by atoms with Crippen molar-refractivity contribution in [1.29, 1.82) is 0 Å². The van der Waals surface area contributed by atoms with Gasteiger partial charge in [-0.1, -0.05) is 32.0 Å². The van der Waals surface area contributed by atoms with E-state index in [0.29, 0.717) is 17.3 Å². The lowest BCUT2D eigenvalue weighted by Gasteiger charge is -2.16. The second-order valence-corrected chi connectivity index (χ2v) is 6.72. The quantitative estimate of drug-likeness (QED) is 0.756. The molecule has 0 saturated carbocycles. The van der Waals surface area contributed by atoms with Gasteiger partial charge in [-0.05, 0) is 35.7 Å². The van der Waals surface area contributed by atoms with Crippen LogP contribution in [0.2, 0.25) is 0 Å².